The lowest BCUT2D eigenvalue weighted by molar-refractivity contribution is -0.134. The second kappa shape index (κ2) is 10.7. The third-order valence-electron chi connectivity index (χ3n) is 5.19. The Morgan fingerprint density at radius 2 is 1.96 bits per heavy atom. The average molecular weight is 422 g/mol. The number of amides is 1. The van der Waals surface area contributed by atoms with Gasteiger partial charge in [-0.2, -0.15) is 0 Å². The lowest BCUT2D eigenvalue weighted by atomic mass is 10.0. The first kappa shape index (κ1) is 21.8. The third-order valence-corrected chi connectivity index (χ3v) is 5.93. The molecular formula is C19H27Cl3N2O2. The minimum Gasteiger partial charge on any atom is -0.373 e. The topological polar surface area (TPSA) is 41.6 Å². The lowest BCUT2D eigenvalue weighted by Crippen LogP contribution is -2.40. The molecule has 2 saturated heterocycles. The highest BCUT2D eigenvalue weighted by Crippen LogP contribution is 2.24. The van der Waals surface area contributed by atoms with Gasteiger partial charge in [0.05, 0.1) is 22.8 Å². The Balaban J connectivity index is 0.00000243. The van der Waals surface area contributed by atoms with Crippen molar-refractivity contribution in [3.8, 4) is 0 Å². The van der Waals surface area contributed by atoms with Crippen LogP contribution >= 0.6 is 35.6 Å². The number of ether oxygens (including phenoxy) is 1. The molecule has 1 atom stereocenters. The number of likely N-dealkylation sites (tertiary alicyclic amines) is 1. The van der Waals surface area contributed by atoms with Gasteiger partial charge in [-0.15, -0.1) is 12.4 Å². The minimum atomic E-state index is 0. The van der Waals surface area contributed by atoms with Crippen LogP contribution in [-0.4, -0.2) is 43.1 Å². The van der Waals surface area contributed by atoms with Gasteiger partial charge < -0.3 is 15.0 Å². The number of carbonyl (C=O) groups is 1. The summed E-state index contributed by atoms with van der Waals surface area (Å²) in [6, 6.07) is 5.58. The van der Waals surface area contributed by atoms with Gasteiger partial charge in [0.25, 0.3) is 0 Å². The molecular weight excluding hydrogens is 395 g/mol. The van der Waals surface area contributed by atoms with E-state index in [1.54, 1.807) is 6.07 Å². The van der Waals surface area contributed by atoms with Crippen molar-refractivity contribution in [2.75, 3.05) is 26.2 Å². The molecule has 4 nitrogen and oxygen atoms in total. The molecule has 0 aromatic heterocycles. The van der Waals surface area contributed by atoms with Gasteiger partial charge in [0, 0.05) is 19.5 Å². The number of nitrogens with zero attached hydrogens (tertiary/aromatic N) is 1. The molecule has 1 unspecified atom stereocenters. The molecule has 7 heteroatoms. The second-order valence-corrected chi connectivity index (χ2v) is 7.85. The monoisotopic (exact) mass is 420 g/mol. The first-order valence-electron chi connectivity index (χ1n) is 9.16. The van der Waals surface area contributed by atoms with Crippen LogP contribution in [0.3, 0.4) is 0 Å². The number of carbonyl (C=O) groups excluding carboxylic acids is 1. The van der Waals surface area contributed by atoms with Crippen LogP contribution < -0.4 is 5.32 Å². The van der Waals surface area contributed by atoms with E-state index in [4.69, 9.17) is 27.9 Å². The van der Waals surface area contributed by atoms with Crippen LogP contribution in [0.2, 0.25) is 10.0 Å². The lowest BCUT2D eigenvalue weighted by Gasteiger charge is -2.32. The summed E-state index contributed by atoms with van der Waals surface area (Å²) in [5, 5.41) is 4.48. The fourth-order valence-corrected chi connectivity index (χ4v) is 3.88. The zero-order valence-corrected chi connectivity index (χ0v) is 17.2. The highest BCUT2D eigenvalue weighted by molar-refractivity contribution is 6.42. The molecule has 146 valence electrons. The highest BCUT2D eigenvalue weighted by atomic mass is 35.5. The predicted molar refractivity (Wildman–Crippen MR) is 108 cm³/mol. The van der Waals surface area contributed by atoms with Crippen molar-refractivity contribution in [1.82, 2.24) is 10.2 Å². The maximum atomic E-state index is 12.3. The molecule has 0 aliphatic carbocycles. The summed E-state index contributed by atoms with van der Waals surface area (Å²) >= 11 is 12.0. The number of rotatable bonds is 6. The van der Waals surface area contributed by atoms with Crippen molar-refractivity contribution in [2.45, 2.75) is 44.8 Å². The largest absolute Gasteiger partial charge is 0.373 e. The van der Waals surface area contributed by atoms with Gasteiger partial charge in [-0.1, -0.05) is 29.3 Å². The number of piperidine rings is 1. The summed E-state index contributed by atoms with van der Waals surface area (Å²) in [7, 11) is 0. The molecule has 0 radical (unpaired) electrons. The van der Waals surface area contributed by atoms with E-state index in [1.807, 2.05) is 17.0 Å². The molecule has 0 spiro atoms. The van der Waals surface area contributed by atoms with Crippen molar-refractivity contribution in [2.24, 2.45) is 5.92 Å². The SMILES string of the molecule is Cl.O=C(CCC1CCNC1)N1CCC(OCc2ccc(Cl)c(Cl)c2)CC1. The minimum absolute atomic E-state index is 0. The molecule has 26 heavy (non-hydrogen) atoms. The summed E-state index contributed by atoms with van der Waals surface area (Å²) in [6.45, 7) is 4.30. The Kier molecular flexibility index (Phi) is 8.98. The zero-order valence-electron chi connectivity index (χ0n) is 14.9. The molecule has 0 bridgehead atoms. The summed E-state index contributed by atoms with van der Waals surface area (Å²) in [6.07, 6.45) is 4.91. The molecule has 2 aliphatic heterocycles. The van der Waals surface area contributed by atoms with Crippen LogP contribution in [0.4, 0.5) is 0 Å². The number of hydrogen-bond donors (Lipinski definition) is 1. The molecule has 2 fully saturated rings. The van der Waals surface area contributed by atoms with Crippen LogP contribution in [0.25, 0.3) is 0 Å². The van der Waals surface area contributed by atoms with Crippen LogP contribution in [0.15, 0.2) is 18.2 Å². The van der Waals surface area contributed by atoms with Crippen molar-refractivity contribution >= 4 is 41.5 Å². The van der Waals surface area contributed by atoms with Gasteiger partial charge in [0.15, 0.2) is 0 Å². The first-order valence-corrected chi connectivity index (χ1v) is 9.91. The first-order chi connectivity index (χ1) is 12.1. The molecule has 1 N–H and O–H groups in total. The Morgan fingerprint density at radius 1 is 1.19 bits per heavy atom. The van der Waals surface area contributed by atoms with E-state index in [2.05, 4.69) is 5.32 Å². The predicted octanol–water partition coefficient (Wildman–Crippen LogP) is 4.31. The Bertz CT molecular complexity index is 586. The maximum Gasteiger partial charge on any atom is 0.222 e. The van der Waals surface area contributed by atoms with Crippen LogP contribution in [0.1, 0.15) is 37.7 Å². The van der Waals surface area contributed by atoms with E-state index in [0.717, 1.165) is 51.0 Å². The van der Waals surface area contributed by atoms with E-state index in [1.165, 1.54) is 6.42 Å². The summed E-state index contributed by atoms with van der Waals surface area (Å²) in [4.78, 5) is 14.3. The quantitative estimate of drug-likeness (QED) is 0.744. The third kappa shape index (κ3) is 6.28. The van der Waals surface area contributed by atoms with Crippen molar-refractivity contribution in [3.63, 3.8) is 0 Å². The van der Waals surface area contributed by atoms with Gasteiger partial charge in [-0.3, -0.25) is 4.79 Å². The molecule has 1 amide bonds. The van der Waals surface area contributed by atoms with E-state index in [-0.39, 0.29) is 18.5 Å². The van der Waals surface area contributed by atoms with Crippen molar-refractivity contribution in [3.05, 3.63) is 33.8 Å². The van der Waals surface area contributed by atoms with Crippen molar-refractivity contribution < 1.29 is 9.53 Å². The number of halogens is 3. The van der Waals surface area contributed by atoms with E-state index < -0.39 is 0 Å². The van der Waals surface area contributed by atoms with Gasteiger partial charge >= 0.3 is 0 Å². The number of hydrogen-bond acceptors (Lipinski definition) is 3. The van der Waals surface area contributed by atoms with E-state index in [0.29, 0.717) is 34.9 Å². The molecule has 1 aromatic carbocycles. The summed E-state index contributed by atoms with van der Waals surface area (Å²) in [5.74, 6) is 0.978. The second-order valence-electron chi connectivity index (χ2n) is 7.04. The van der Waals surface area contributed by atoms with Crippen LogP contribution in [0.5, 0.6) is 0 Å². The summed E-state index contributed by atoms with van der Waals surface area (Å²) in [5.41, 5.74) is 1.03. The Morgan fingerprint density at radius 3 is 2.62 bits per heavy atom. The highest BCUT2D eigenvalue weighted by Gasteiger charge is 2.24. The maximum absolute atomic E-state index is 12.3. The van der Waals surface area contributed by atoms with Crippen LogP contribution in [0, 0.1) is 5.92 Å². The number of benzene rings is 1. The van der Waals surface area contributed by atoms with Crippen molar-refractivity contribution in [1.29, 1.82) is 0 Å². The van der Waals surface area contributed by atoms with Gasteiger partial charge in [0.1, 0.15) is 0 Å². The Hall–Kier alpha value is -0.520. The smallest absolute Gasteiger partial charge is 0.222 e. The fraction of sp³-hybridized carbons (Fsp3) is 0.632. The summed E-state index contributed by atoms with van der Waals surface area (Å²) < 4.78 is 5.99. The molecule has 0 saturated carbocycles. The van der Waals surface area contributed by atoms with E-state index in [9.17, 15) is 4.79 Å². The van der Waals surface area contributed by atoms with Gasteiger partial charge in [-0.05, 0) is 62.4 Å². The molecule has 1 aromatic rings. The van der Waals surface area contributed by atoms with Gasteiger partial charge in [-0.25, -0.2) is 0 Å². The normalized spacial score (nSPS) is 20.8. The van der Waals surface area contributed by atoms with Gasteiger partial charge in [0.2, 0.25) is 5.91 Å². The molecule has 3 rings (SSSR count). The Labute approximate surface area is 172 Å². The number of nitrogens with one attached hydrogen (secondary N) is 1. The molecule has 2 aliphatic rings. The standard InChI is InChI=1S/C19H26Cl2N2O2.ClH/c20-17-3-1-15(11-18(17)21)13-25-16-6-9-23(10-7-16)19(24)4-2-14-5-8-22-12-14;/h1,3,11,14,16,22H,2,4-10,12-13H2;1H. The molecule has 2 heterocycles. The average Bonchev–Trinajstić information content (AvgIpc) is 3.15. The fourth-order valence-electron chi connectivity index (χ4n) is 3.56. The zero-order chi connectivity index (χ0) is 17.6. The van der Waals surface area contributed by atoms with Crippen LogP contribution in [-0.2, 0) is 16.1 Å². The van der Waals surface area contributed by atoms with E-state index >= 15 is 0 Å².